The van der Waals surface area contributed by atoms with Gasteiger partial charge in [-0.05, 0) is 37.3 Å². The zero-order valence-corrected chi connectivity index (χ0v) is 15.4. The summed E-state index contributed by atoms with van der Waals surface area (Å²) >= 11 is 0. The van der Waals surface area contributed by atoms with E-state index in [1.807, 2.05) is 0 Å². The largest absolute Gasteiger partial charge is 0.453 e. The maximum absolute atomic E-state index is 12.7. The third-order valence-electron chi connectivity index (χ3n) is 3.78. The van der Waals surface area contributed by atoms with Crippen LogP contribution in [0.1, 0.15) is 29.8 Å². The van der Waals surface area contributed by atoms with Crippen molar-refractivity contribution in [1.29, 1.82) is 0 Å². The fourth-order valence-corrected chi connectivity index (χ4v) is 2.41. The molecule has 0 saturated carbocycles. The summed E-state index contributed by atoms with van der Waals surface area (Å²) < 4.78 is 43.7. The minimum Gasteiger partial charge on any atom is -0.453 e. The number of Topliss-reactive ketones (excluding diaryl/α,β-unsaturated/α-hetero) is 1. The number of hydrogen-bond donors (Lipinski definition) is 1. The van der Waals surface area contributed by atoms with E-state index in [9.17, 15) is 32.3 Å². The Bertz CT molecular complexity index is 981. The number of pyridine rings is 1. The summed E-state index contributed by atoms with van der Waals surface area (Å²) in [6, 6.07) is 7.14. The number of anilines is 1. The minimum absolute atomic E-state index is 0.204. The summed E-state index contributed by atoms with van der Waals surface area (Å²) in [4.78, 5) is 47.0. The molecule has 1 unspecified atom stereocenters. The number of esters is 1. The SMILES string of the molecule is CC(=O)Nc1ccc(C(=O)C(C)OC(=O)Cn2cc(C(F)(F)F)ccc2=O)cc1. The van der Waals surface area contributed by atoms with Crippen molar-refractivity contribution in [2.24, 2.45) is 0 Å². The number of aromatic nitrogens is 1. The molecule has 0 saturated heterocycles. The first kappa shape index (κ1) is 21.9. The molecule has 1 aromatic heterocycles. The van der Waals surface area contributed by atoms with E-state index in [-0.39, 0.29) is 11.5 Å². The molecule has 0 fully saturated rings. The molecule has 0 aliphatic carbocycles. The first-order valence-electron chi connectivity index (χ1n) is 8.36. The van der Waals surface area contributed by atoms with Crippen molar-refractivity contribution in [2.45, 2.75) is 32.7 Å². The van der Waals surface area contributed by atoms with Gasteiger partial charge in [-0.2, -0.15) is 13.2 Å². The quantitative estimate of drug-likeness (QED) is 0.584. The second-order valence-electron chi connectivity index (χ2n) is 6.14. The highest BCUT2D eigenvalue weighted by Gasteiger charge is 2.31. The number of nitrogens with one attached hydrogen (secondary N) is 1. The summed E-state index contributed by atoms with van der Waals surface area (Å²) in [5, 5.41) is 2.53. The van der Waals surface area contributed by atoms with Crippen LogP contribution in [0, 0.1) is 0 Å². The Kier molecular flexibility index (Phi) is 6.57. The molecule has 1 amide bonds. The second-order valence-corrected chi connectivity index (χ2v) is 6.14. The maximum Gasteiger partial charge on any atom is 0.417 e. The molecule has 0 aliphatic heterocycles. The highest BCUT2D eigenvalue weighted by atomic mass is 19.4. The topological polar surface area (TPSA) is 94.5 Å². The Morgan fingerprint density at radius 3 is 2.28 bits per heavy atom. The second kappa shape index (κ2) is 8.72. The molecule has 29 heavy (non-hydrogen) atoms. The first-order valence-corrected chi connectivity index (χ1v) is 8.36. The fraction of sp³-hybridized carbons (Fsp3) is 0.263. The van der Waals surface area contributed by atoms with Crippen LogP contribution in [-0.4, -0.2) is 28.3 Å². The average molecular weight is 410 g/mol. The highest BCUT2D eigenvalue weighted by molar-refractivity contribution is 6.00. The number of alkyl halides is 3. The average Bonchev–Trinajstić information content (AvgIpc) is 2.62. The molecule has 0 bridgehead atoms. The molecule has 10 heteroatoms. The lowest BCUT2D eigenvalue weighted by Gasteiger charge is -2.14. The summed E-state index contributed by atoms with van der Waals surface area (Å²) in [5.74, 6) is -1.87. The van der Waals surface area contributed by atoms with Crippen molar-refractivity contribution in [3.05, 3.63) is 64.1 Å². The number of amides is 1. The number of ketones is 1. The van der Waals surface area contributed by atoms with E-state index in [4.69, 9.17) is 4.74 Å². The standard InChI is InChI=1S/C19H17F3N2O5/c1-11(18(28)13-3-6-15(7-4-13)23-12(2)25)29-17(27)10-24-9-14(19(20,21)22)5-8-16(24)26/h3-9,11H,10H2,1-2H3,(H,23,25). The number of rotatable bonds is 6. The number of ether oxygens (including phenoxy) is 1. The van der Waals surface area contributed by atoms with Gasteiger partial charge in [-0.3, -0.25) is 19.2 Å². The summed E-state index contributed by atoms with van der Waals surface area (Å²) in [5.41, 5.74) is -1.23. The van der Waals surface area contributed by atoms with E-state index in [2.05, 4.69) is 5.32 Å². The van der Waals surface area contributed by atoms with Gasteiger partial charge in [-0.25, -0.2) is 0 Å². The Labute approximate surface area is 163 Å². The molecular formula is C19H17F3N2O5. The number of carbonyl (C=O) groups is 3. The fourth-order valence-electron chi connectivity index (χ4n) is 2.41. The van der Waals surface area contributed by atoms with Crippen molar-refractivity contribution < 1.29 is 32.3 Å². The molecule has 154 valence electrons. The van der Waals surface area contributed by atoms with E-state index in [1.54, 1.807) is 0 Å². The van der Waals surface area contributed by atoms with Gasteiger partial charge in [0.15, 0.2) is 6.10 Å². The van der Waals surface area contributed by atoms with Gasteiger partial charge in [0.1, 0.15) is 6.54 Å². The van der Waals surface area contributed by atoms with Crippen molar-refractivity contribution in [2.75, 3.05) is 5.32 Å². The molecule has 0 radical (unpaired) electrons. The Morgan fingerprint density at radius 2 is 1.72 bits per heavy atom. The first-order chi connectivity index (χ1) is 13.5. The minimum atomic E-state index is -4.67. The molecule has 0 spiro atoms. The van der Waals surface area contributed by atoms with Crippen molar-refractivity contribution >= 4 is 23.3 Å². The lowest BCUT2D eigenvalue weighted by molar-refractivity contribution is -0.147. The highest BCUT2D eigenvalue weighted by Crippen LogP contribution is 2.28. The van der Waals surface area contributed by atoms with Gasteiger partial charge in [0.25, 0.3) is 5.56 Å². The van der Waals surface area contributed by atoms with E-state index >= 15 is 0 Å². The summed E-state index contributed by atoms with van der Waals surface area (Å²) in [6.45, 7) is 1.86. The predicted octanol–water partition coefficient (Wildman–Crippen LogP) is 2.64. The van der Waals surface area contributed by atoms with E-state index < -0.39 is 41.7 Å². The van der Waals surface area contributed by atoms with E-state index in [1.165, 1.54) is 38.1 Å². The maximum atomic E-state index is 12.7. The Hall–Kier alpha value is -3.43. The van der Waals surface area contributed by atoms with Gasteiger partial charge in [-0.15, -0.1) is 0 Å². The molecule has 1 heterocycles. The van der Waals surface area contributed by atoms with Crippen LogP contribution >= 0.6 is 0 Å². The summed E-state index contributed by atoms with van der Waals surface area (Å²) in [7, 11) is 0. The molecule has 7 nitrogen and oxygen atoms in total. The normalized spacial score (nSPS) is 12.2. The number of hydrogen-bond acceptors (Lipinski definition) is 5. The molecule has 1 aromatic carbocycles. The molecule has 1 atom stereocenters. The van der Waals surface area contributed by atoms with Crippen LogP contribution in [0.25, 0.3) is 0 Å². The molecule has 2 rings (SSSR count). The Morgan fingerprint density at radius 1 is 1.10 bits per heavy atom. The molecular weight excluding hydrogens is 393 g/mol. The Balaban J connectivity index is 2.04. The van der Waals surface area contributed by atoms with Gasteiger partial charge in [0.05, 0.1) is 5.56 Å². The zero-order chi connectivity index (χ0) is 21.8. The van der Waals surface area contributed by atoms with Crippen LogP contribution in [-0.2, 0) is 27.0 Å². The third kappa shape index (κ3) is 6.03. The van der Waals surface area contributed by atoms with Gasteiger partial charge in [0.2, 0.25) is 11.7 Å². The van der Waals surface area contributed by atoms with Crippen molar-refractivity contribution in [3.8, 4) is 0 Å². The van der Waals surface area contributed by atoms with Gasteiger partial charge < -0.3 is 14.6 Å². The number of benzene rings is 1. The van der Waals surface area contributed by atoms with Crippen LogP contribution in [0.5, 0.6) is 0 Å². The van der Waals surface area contributed by atoms with Gasteiger partial charge >= 0.3 is 12.1 Å². The monoisotopic (exact) mass is 410 g/mol. The number of carbonyl (C=O) groups excluding carboxylic acids is 3. The predicted molar refractivity (Wildman–Crippen MR) is 96.3 cm³/mol. The van der Waals surface area contributed by atoms with Gasteiger partial charge in [0, 0.05) is 30.4 Å². The number of nitrogens with zero attached hydrogens (tertiary/aromatic N) is 1. The molecule has 1 N–H and O–H groups in total. The van der Waals surface area contributed by atoms with Crippen molar-refractivity contribution in [3.63, 3.8) is 0 Å². The number of halogens is 3. The lowest BCUT2D eigenvalue weighted by atomic mass is 10.1. The van der Waals surface area contributed by atoms with Crippen LogP contribution in [0.3, 0.4) is 0 Å². The molecule has 2 aromatic rings. The summed E-state index contributed by atoms with van der Waals surface area (Å²) in [6.07, 6.45) is -5.39. The smallest absolute Gasteiger partial charge is 0.417 e. The van der Waals surface area contributed by atoms with Crippen LogP contribution < -0.4 is 10.9 Å². The van der Waals surface area contributed by atoms with E-state index in [0.29, 0.717) is 28.6 Å². The molecule has 0 aliphatic rings. The van der Waals surface area contributed by atoms with E-state index in [0.717, 1.165) is 0 Å². The van der Waals surface area contributed by atoms with Crippen LogP contribution in [0.4, 0.5) is 18.9 Å². The zero-order valence-electron chi connectivity index (χ0n) is 15.4. The van der Waals surface area contributed by atoms with Crippen molar-refractivity contribution in [1.82, 2.24) is 4.57 Å². The lowest BCUT2D eigenvalue weighted by Crippen LogP contribution is -2.30. The van der Waals surface area contributed by atoms with Crippen LogP contribution in [0.2, 0.25) is 0 Å². The third-order valence-corrected chi connectivity index (χ3v) is 3.78. The van der Waals surface area contributed by atoms with Crippen LogP contribution in [0.15, 0.2) is 47.4 Å². The van der Waals surface area contributed by atoms with Gasteiger partial charge in [-0.1, -0.05) is 0 Å².